The Kier molecular flexibility index (Phi) is 7.66. The Hall–Kier alpha value is -3.56. The van der Waals surface area contributed by atoms with Gasteiger partial charge in [0.1, 0.15) is 11.6 Å². The number of benzene rings is 2. The van der Waals surface area contributed by atoms with Gasteiger partial charge in [0.05, 0.1) is 11.3 Å². The van der Waals surface area contributed by atoms with Crippen molar-refractivity contribution in [3.8, 4) is 11.4 Å². The molecule has 0 amide bonds. The molecule has 1 heterocycles. The van der Waals surface area contributed by atoms with Crippen molar-refractivity contribution in [1.29, 1.82) is 0 Å². The fraction of sp³-hybridized carbons (Fsp3) is 0.423. The van der Waals surface area contributed by atoms with Crippen LogP contribution in [0.3, 0.4) is 0 Å². The zero-order valence-corrected chi connectivity index (χ0v) is 20.9. The number of carboxylic acids is 1. The molecule has 0 aliphatic heterocycles. The summed E-state index contributed by atoms with van der Waals surface area (Å²) in [4.78, 5) is 24.5. The standard InChI is InChI=1S/C26H30F3N3O4/c1-6-13-31-22(30-32(24(31)35)20-10-8-19(9-11-20)26(27,28)29)17(3)15-18-7-12-21(16(2)14-18)36-25(4,5)23(33)34/h7-12,14,17H,6,13,15H2,1-5H3,(H,33,34). The zero-order valence-electron chi connectivity index (χ0n) is 20.9. The van der Waals surface area contributed by atoms with E-state index < -0.39 is 29.0 Å². The van der Waals surface area contributed by atoms with Gasteiger partial charge in [0.2, 0.25) is 0 Å². The number of rotatable bonds is 9. The van der Waals surface area contributed by atoms with Crippen LogP contribution in [0.1, 0.15) is 62.5 Å². The number of hydrogen-bond acceptors (Lipinski definition) is 4. The summed E-state index contributed by atoms with van der Waals surface area (Å²) in [6, 6.07) is 9.81. The maximum absolute atomic E-state index is 13.1. The number of carboxylic acid groups (broad SMARTS) is 1. The predicted octanol–water partition coefficient (Wildman–Crippen LogP) is 5.36. The third-order valence-corrected chi connectivity index (χ3v) is 5.88. The van der Waals surface area contributed by atoms with Gasteiger partial charge in [-0.25, -0.2) is 9.59 Å². The van der Waals surface area contributed by atoms with Crippen LogP contribution in [0.25, 0.3) is 5.69 Å². The molecular weight excluding hydrogens is 475 g/mol. The van der Waals surface area contributed by atoms with Crippen LogP contribution in [0.15, 0.2) is 47.3 Å². The van der Waals surface area contributed by atoms with Crippen molar-refractivity contribution in [3.05, 3.63) is 75.5 Å². The van der Waals surface area contributed by atoms with E-state index in [0.29, 0.717) is 31.0 Å². The quantitative estimate of drug-likeness (QED) is 0.423. The topological polar surface area (TPSA) is 86.3 Å². The Labute approximate surface area is 207 Å². The summed E-state index contributed by atoms with van der Waals surface area (Å²) < 4.78 is 47.1. The SMILES string of the molecule is CCCn1c(C(C)Cc2ccc(OC(C)(C)C(=O)O)c(C)c2)nn(-c2ccc(C(F)(F)F)cc2)c1=O. The van der Waals surface area contributed by atoms with Gasteiger partial charge in [-0.1, -0.05) is 26.0 Å². The Bertz CT molecular complexity index is 1290. The number of nitrogens with zero attached hydrogens (tertiary/aromatic N) is 3. The second-order valence-corrected chi connectivity index (χ2v) is 9.37. The molecule has 2 aromatic carbocycles. The van der Waals surface area contributed by atoms with Crippen LogP contribution >= 0.6 is 0 Å². The van der Waals surface area contributed by atoms with Crippen molar-refractivity contribution in [3.63, 3.8) is 0 Å². The van der Waals surface area contributed by atoms with E-state index in [2.05, 4.69) is 5.10 Å². The molecule has 1 unspecified atom stereocenters. The van der Waals surface area contributed by atoms with Crippen LogP contribution in [-0.4, -0.2) is 31.0 Å². The van der Waals surface area contributed by atoms with Gasteiger partial charge in [-0.2, -0.15) is 17.9 Å². The van der Waals surface area contributed by atoms with E-state index in [4.69, 9.17) is 4.74 Å². The lowest BCUT2D eigenvalue weighted by atomic mass is 9.98. The Morgan fingerprint density at radius 1 is 1.14 bits per heavy atom. The van der Waals surface area contributed by atoms with Crippen molar-refractivity contribution >= 4 is 5.97 Å². The molecule has 0 spiro atoms. The first-order chi connectivity index (χ1) is 16.7. The molecule has 3 rings (SSSR count). The fourth-order valence-electron chi connectivity index (χ4n) is 3.89. The Balaban J connectivity index is 1.89. The maximum Gasteiger partial charge on any atom is 0.416 e. The molecule has 0 aliphatic carbocycles. The minimum atomic E-state index is -4.47. The molecule has 1 atom stereocenters. The van der Waals surface area contributed by atoms with E-state index in [1.54, 1.807) is 10.6 Å². The van der Waals surface area contributed by atoms with Gasteiger partial charge >= 0.3 is 17.8 Å². The van der Waals surface area contributed by atoms with Crippen LogP contribution < -0.4 is 10.4 Å². The van der Waals surface area contributed by atoms with Gasteiger partial charge < -0.3 is 9.84 Å². The number of alkyl halides is 3. The number of carbonyl (C=O) groups is 1. The number of aryl methyl sites for hydroxylation is 1. The molecule has 3 aromatic rings. The average molecular weight is 506 g/mol. The highest BCUT2D eigenvalue weighted by molar-refractivity contribution is 5.76. The molecule has 1 N–H and O–H groups in total. The first-order valence-corrected chi connectivity index (χ1v) is 11.6. The molecule has 7 nitrogen and oxygen atoms in total. The summed E-state index contributed by atoms with van der Waals surface area (Å²) in [6.07, 6.45) is -3.24. The first-order valence-electron chi connectivity index (χ1n) is 11.6. The number of aliphatic carboxylic acids is 1. The van der Waals surface area contributed by atoms with Crippen molar-refractivity contribution in [2.24, 2.45) is 0 Å². The molecule has 0 fully saturated rings. The van der Waals surface area contributed by atoms with E-state index in [1.165, 1.54) is 26.0 Å². The second-order valence-electron chi connectivity index (χ2n) is 9.37. The lowest BCUT2D eigenvalue weighted by Crippen LogP contribution is -2.38. The van der Waals surface area contributed by atoms with Crippen molar-refractivity contribution in [1.82, 2.24) is 14.3 Å². The average Bonchev–Trinajstić information content (AvgIpc) is 3.11. The van der Waals surface area contributed by atoms with Crippen LogP contribution in [-0.2, 0) is 23.9 Å². The van der Waals surface area contributed by atoms with E-state index in [1.807, 2.05) is 32.9 Å². The number of ether oxygens (including phenoxy) is 1. The highest BCUT2D eigenvalue weighted by atomic mass is 19.4. The lowest BCUT2D eigenvalue weighted by Gasteiger charge is -2.23. The third-order valence-electron chi connectivity index (χ3n) is 5.88. The van der Waals surface area contributed by atoms with E-state index in [9.17, 15) is 27.9 Å². The predicted molar refractivity (Wildman–Crippen MR) is 129 cm³/mol. The first kappa shape index (κ1) is 27.0. The molecular formula is C26H30F3N3O4. The molecule has 0 bridgehead atoms. The summed E-state index contributed by atoms with van der Waals surface area (Å²) in [5.74, 6) is -0.251. The normalized spacial score (nSPS) is 13.0. The summed E-state index contributed by atoms with van der Waals surface area (Å²) >= 11 is 0. The lowest BCUT2D eigenvalue weighted by molar-refractivity contribution is -0.152. The monoisotopic (exact) mass is 505 g/mol. The van der Waals surface area contributed by atoms with E-state index in [0.717, 1.165) is 27.9 Å². The molecule has 0 radical (unpaired) electrons. The molecule has 0 saturated carbocycles. The summed E-state index contributed by atoms with van der Waals surface area (Å²) in [5.41, 5.74) is -0.601. The highest BCUT2D eigenvalue weighted by Gasteiger charge is 2.31. The van der Waals surface area contributed by atoms with Gasteiger partial charge in [-0.15, -0.1) is 5.10 Å². The van der Waals surface area contributed by atoms with Gasteiger partial charge in [-0.05, 0) is 75.1 Å². The van der Waals surface area contributed by atoms with Gasteiger partial charge in [-0.3, -0.25) is 4.57 Å². The molecule has 0 saturated heterocycles. The molecule has 36 heavy (non-hydrogen) atoms. The molecule has 194 valence electrons. The summed E-state index contributed by atoms with van der Waals surface area (Å²) in [7, 11) is 0. The van der Waals surface area contributed by atoms with Gasteiger partial charge in [0, 0.05) is 12.5 Å². The van der Waals surface area contributed by atoms with E-state index >= 15 is 0 Å². The van der Waals surface area contributed by atoms with Gasteiger partial charge in [0.15, 0.2) is 5.60 Å². The van der Waals surface area contributed by atoms with Gasteiger partial charge in [0.25, 0.3) is 0 Å². The minimum Gasteiger partial charge on any atom is -0.478 e. The largest absolute Gasteiger partial charge is 0.478 e. The van der Waals surface area contributed by atoms with Crippen molar-refractivity contribution < 1.29 is 27.8 Å². The molecule has 0 aliphatic rings. The Morgan fingerprint density at radius 3 is 2.31 bits per heavy atom. The Morgan fingerprint density at radius 2 is 1.78 bits per heavy atom. The molecule has 10 heteroatoms. The van der Waals surface area contributed by atoms with Crippen LogP contribution in [0, 0.1) is 6.92 Å². The third kappa shape index (κ3) is 5.80. The van der Waals surface area contributed by atoms with E-state index in [-0.39, 0.29) is 11.6 Å². The minimum absolute atomic E-state index is 0.179. The fourth-order valence-corrected chi connectivity index (χ4v) is 3.89. The van der Waals surface area contributed by atoms with Crippen molar-refractivity contribution in [2.75, 3.05) is 0 Å². The van der Waals surface area contributed by atoms with Crippen LogP contribution in [0.2, 0.25) is 0 Å². The van der Waals surface area contributed by atoms with Crippen LogP contribution in [0.5, 0.6) is 5.75 Å². The molecule has 1 aromatic heterocycles. The zero-order chi connectivity index (χ0) is 26.8. The summed E-state index contributed by atoms with van der Waals surface area (Å²) in [6.45, 7) is 9.06. The van der Waals surface area contributed by atoms with Crippen LogP contribution in [0.4, 0.5) is 13.2 Å². The maximum atomic E-state index is 13.1. The smallest absolute Gasteiger partial charge is 0.416 e. The highest BCUT2D eigenvalue weighted by Crippen LogP contribution is 2.30. The number of hydrogen-bond donors (Lipinski definition) is 1. The summed E-state index contributed by atoms with van der Waals surface area (Å²) in [5, 5.41) is 13.8. The van der Waals surface area contributed by atoms with Crippen molar-refractivity contribution in [2.45, 2.75) is 71.7 Å². The second kappa shape index (κ2) is 10.2. The number of aromatic nitrogens is 3. The number of halogens is 3.